The van der Waals surface area contributed by atoms with Crippen LogP contribution >= 0.6 is 0 Å². The van der Waals surface area contributed by atoms with E-state index in [2.05, 4.69) is 12.0 Å². The second kappa shape index (κ2) is 2.90. The molecule has 0 radical (unpaired) electrons. The van der Waals surface area contributed by atoms with Crippen molar-refractivity contribution in [3.8, 4) is 18.4 Å². The van der Waals surface area contributed by atoms with E-state index in [4.69, 9.17) is 11.7 Å². The zero-order valence-electron chi connectivity index (χ0n) is 5.54. The van der Waals surface area contributed by atoms with Gasteiger partial charge in [0.25, 0.3) is 0 Å². The van der Waals surface area contributed by atoms with Crippen LogP contribution in [-0.4, -0.2) is 0 Å². The molecule has 0 fully saturated rings. The molecule has 0 heterocycles. The Balaban J connectivity index is 2.72. The Morgan fingerprint density at radius 3 is 3.10 bits per heavy atom. The first kappa shape index (κ1) is 6.65. The van der Waals surface area contributed by atoms with E-state index in [0.717, 1.165) is 5.57 Å². The predicted molar refractivity (Wildman–Crippen MR) is 39.8 cm³/mol. The summed E-state index contributed by atoms with van der Waals surface area (Å²) in [7, 11) is 0. The molecule has 0 spiro atoms. The van der Waals surface area contributed by atoms with E-state index in [9.17, 15) is 0 Å². The lowest BCUT2D eigenvalue weighted by atomic mass is 9.96. The fourth-order valence-electron chi connectivity index (χ4n) is 0.875. The molecule has 48 valence electrons. The van der Waals surface area contributed by atoms with E-state index in [1.807, 2.05) is 18.2 Å². The third-order valence-electron chi connectivity index (χ3n) is 1.43. The quantitative estimate of drug-likeness (QED) is 0.456. The first-order valence-corrected chi connectivity index (χ1v) is 3.10. The van der Waals surface area contributed by atoms with Crippen LogP contribution in [0, 0.1) is 29.6 Å². The highest BCUT2D eigenvalue weighted by atomic mass is 14.3. The smallest absolute Gasteiger partial charge is 0.0701 e. The minimum absolute atomic E-state index is 0.0175. The maximum atomic E-state index is 8.51. The van der Waals surface area contributed by atoms with Gasteiger partial charge in [-0.25, -0.2) is 0 Å². The highest BCUT2D eigenvalue weighted by Gasteiger charge is 2.07. The second-order valence-electron chi connectivity index (χ2n) is 2.16. The molecule has 0 aliphatic heterocycles. The molecule has 0 N–H and O–H groups in total. The fraction of sp³-hybridized carbons (Fsp3) is 0.222. The van der Waals surface area contributed by atoms with Gasteiger partial charge in [-0.05, 0) is 6.42 Å². The highest BCUT2D eigenvalue weighted by molar-refractivity contribution is 5.34. The molecule has 0 bridgehead atoms. The fourth-order valence-corrected chi connectivity index (χ4v) is 0.875. The molecular weight excluding hydrogens is 122 g/mol. The third kappa shape index (κ3) is 1.27. The zero-order chi connectivity index (χ0) is 7.40. The zero-order valence-corrected chi connectivity index (χ0v) is 5.54. The monoisotopic (exact) mass is 129 g/mol. The molecule has 1 nitrogen and oxygen atoms in total. The molecule has 10 heavy (non-hydrogen) atoms. The first-order valence-electron chi connectivity index (χ1n) is 3.10. The maximum absolute atomic E-state index is 8.51. The Morgan fingerprint density at radius 2 is 2.50 bits per heavy atom. The topological polar surface area (TPSA) is 23.8 Å². The summed E-state index contributed by atoms with van der Waals surface area (Å²) in [4.78, 5) is 0. The van der Waals surface area contributed by atoms with Crippen molar-refractivity contribution in [3.63, 3.8) is 0 Å². The van der Waals surface area contributed by atoms with E-state index in [-0.39, 0.29) is 5.92 Å². The molecule has 1 rings (SSSR count). The molecule has 0 amide bonds. The highest BCUT2D eigenvalue weighted by Crippen LogP contribution is 2.16. The summed E-state index contributed by atoms with van der Waals surface area (Å²) in [5.41, 5.74) is 0.911. The van der Waals surface area contributed by atoms with Gasteiger partial charge in [-0.1, -0.05) is 24.1 Å². The van der Waals surface area contributed by atoms with Gasteiger partial charge in [0.1, 0.15) is 0 Å². The van der Waals surface area contributed by atoms with Crippen LogP contribution in [0.3, 0.4) is 0 Å². The minimum atomic E-state index is -0.0175. The number of hydrogen-bond donors (Lipinski definition) is 0. The van der Waals surface area contributed by atoms with Crippen LogP contribution < -0.4 is 0 Å². The molecular formula is C9H7N. The van der Waals surface area contributed by atoms with Crippen molar-refractivity contribution in [1.29, 1.82) is 5.26 Å². The van der Waals surface area contributed by atoms with E-state index in [0.29, 0.717) is 6.42 Å². The lowest BCUT2D eigenvalue weighted by Crippen LogP contribution is -1.97. The van der Waals surface area contributed by atoms with Gasteiger partial charge in [-0.2, -0.15) is 5.26 Å². The Morgan fingerprint density at radius 1 is 1.70 bits per heavy atom. The summed E-state index contributed by atoms with van der Waals surface area (Å²) < 4.78 is 0. The molecule has 0 aromatic rings. The van der Waals surface area contributed by atoms with Crippen LogP contribution in [0.25, 0.3) is 0 Å². The summed E-state index contributed by atoms with van der Waals surface area (Å²) in [6.45, 7) is 0. The predicted octanol–water partition coefficient (Wildman–Crippen LogP) is 1.65. The van der Waals surface area contributed by atoms with Crippen LogP contribution in [0.2, 0.25) is 0 Å². The van der Waals surface area contributed by atoms with Gasteiger partial charge in [0.15, 0.2) is 0 Å². The summed E-state index contributed by atoms with van der Waals surface area (Å²) >= 11 is 0. The number of rotatable bonds is 0. The Kier molecular flexibility index (Phi) is 1.92. The largest absolute Gasteiger partial charge is 0.198 e. The van der Waals surface area contributed by atoms with E-state index >= 15 is 0 Å². The van der Waals surface area contributed by atoms with Crippen LogP contribution in [0.15, 0.2) is 23.8 Å². The lowest BCUT2D eigenvalue weighted by molar-refractivity contribution is 0.817. The number of allylic oxidation sites excluding steroid dienone is 4. The summed E-state index contributed by atoms with van der Waals surface area (Å²) in [6.07, 6.45) is 11.4. The lowest BCUT2D eigenvalue weighted by Gasteiger charge is -2.05. The molecule has 1 atom stereocenters. The molecule has 1 aliphatic carbocycles. The second-order valence-corrected chi connectivity index (χ2v) is 2.16. The molecule has 0 saturated carbocycles. The third-order valence-corrected chi connectivity index (χ3v) is 1.43. The van der Waals surface area contributed by atoms with Crippen molar-refractivity contribution in [2.45, 2.75) is 6.42 Å². The van der Waals surface area contributed by atoms with Gasteiger partial charge in [0, 0.05) is 5.57 Å². The van der Waals surface area contributed by atoms with Gasteiger partial charge < -0.3 is 0 Å². The van der Waals surface area contributed by atoms with Crippen molar-refractivity contribution in [2.24, 2.45) is 5.92 Å². The minimum Gasteiger partial charge on any atom is -0.198 e. The van der Waals surface area contributed by atoms with Crippen molar-refractivity contribution in [3.05, 3.63) is 23.8 Å². The van der Waals surface area contributed by atoms with Gasteiger partial charge in [-0.3, -0.25) is 0 Å². The SMILES string of the molecule is C#CC1=CC=CC(C#N)C1. The Labute approximate surface area is 60.7 Å². The van der Waals surface area contributed by atoms with E-state index < -0.39 is 0 Å². The van der Waals surface area contributed by atoms with Crippen molar-refractivity contribution in [2.75, 3.05) is 0 Å². The van der Waals surface area contributed by atoms with Crippen molar-refractivity contribution in [1.82, 2.24) is 0 Å². The maximum Gasteiger partial charge on any atom is 0.0701 e. The molecule has 0 aromatic carbocycles. The Bertz CT molecular complexity index is 257. The van der Waals surface area contributed by atoms with Crippen LogP contribution in [0.4, 0.5) is 0 Å². The normalized spacial score (nSPS) is 22.6. The number of nitrogens with zero attached hydrogens (tertiary/aromatic N) is 1. The first-order chi connectivity index (χ1) is 4.86. The number of terminal acetylenes is 1. The average molecular weight is 129 g/mol. The summed E-state index contributed by atoms with van der Waals surface area (Å²) in [5, 5.41) is 8.51. The summed E-state index contributed by atoms with van der Waals surface area (Å²) in [5.74, 6) is 2.51. The number of hydrogen-bond acceptors (Lipinski definition) is 1. The van der Waals surface area contributed by atoms with E-state index in [1.165, 1.54) is 0 Å². The van der Waals surface area contributed by atoms with Crippen molar-refractivity contribution < 1.29 is 0 Å². The molecule has 1 aliphatic rings. The van der Waals surface area contributed by atoms with Crippen LogP contribution in [-0.2, 0) is 0 Å². The standard InChI is InChI=1S/C9H7N/c1-2-8-4-3-5-9(6-8)7-10/h1,3-5,9H,6H2. The summed E-state index contributed by atoms with van der Waals surface area (Å²) in [6, 6.07) is 2.14. The van der Waals surface area contributed by atoms with Gasteiger partial charge in [0.2, 0.25) is 0 Å². The molecule has 0 saturated heterocycles. The van der Waals surface area contributed by atoms with Crippen LogP contribution in [0.1, 0.15) is 6.42 Å². The van der Waals surface area contributed by atoms with Gasteiger partial charge in [-0.15, -0.1) is 6.42 Å². The average Bonchev–Trinajstić information content (AvgIpc) is 2.05. The van der Waals surface area contributed by atoms with Crippen LogP contribution in [0.5, 0.6) is 0 Å². The van der Waals surface area contributed by atoms with Gasteiger partial charge in [0.05, 0.1) is 12.0 Å². The van der Waals surface area contributed by atoms with Gasteiger partial charge >= 0.3 is 0 Å². The molecule has 0 aromatic heterocycles. The Hall–Kier alpha value is -1.47. The molecule has 1 heteroatoms. The molecule has 1 unspecified atom stereocenters. The number of nitriles is 1. The van der Waals surface area contributed by atoms with Crippen molar-refractivity contribution >= 4 is 0 Å². The van der Waals surface area contributed by atoms with E-state index in [1.54, 1.807) is 0 Å².